The topological polar surface area (TPSA) is 94.3 Å². The maximum Gasteiger partial charge on any atom is 0.229 e. The zero-order valence-electron chi connectivity index (χ0n) is 4.94. The lowest BCUT2D eigenvalue weighted by Crippen LogP contribution is -2.27. The number of rotatable bonds is 4. The molecule has 1 radical (unpaired) electrons. The zero-order chi connectivity index (χ0) is 8.15. The molecule has 0 aromatic carbocycles. The molecular formula is C4H6NO4S. The van der Waals surface area contributed by atoms with Gasteiger partial charge in [-0.1, -0.05) is 0 Å². The lowest BCUT2D eigenvalue weighted by atomic mass is 10.2. The van der Waals surface area contributed by atoms with Crippen LogP contribution >= 0.6 is 0 Å². The number of hydrogen-bond acceptors (Lipinski definition) is 4. The summed E-state index contributed by atoms with van der Waals surface area (Å²) >= 11 is 0. The van der Waals surface area contributed by atoms with E-state index in [9.17, 15) is 18.0 Å². The van der Waals surface area contributed by atoms with Crippen LogP contribution in [-0.2, 0) is 20.3 Å². The number of thiol groups is 1. The summed E-state index contributed by atoms with van der Waals surface area (Å²) in [4.78, 5) is 19.9. The normalized spacial score (nSPS) is 12.9. The first-order chi connectivity index (χ1) is 4.57. The van der Waals surface area contributed by atoms with Gasteiger partial charge in [0, 0.05) is 0 Å². The maximum absolute atomic E-state index is 10.2. The number of carbonyl (C=O) groups is 1. The second-order valence-corrected chi connectivity index (χ2v) is 2.62. The summed E-state index contributed by atoms with van der Waals surface area (Å²) in [5, 5.41) is 0. The molecule has 6 heteroatoms. The van der Waals surface area contributed by atoms with Crippen molar-refractivity contribution in [3.8, 4) is 0 Å². The molecule has 0 heterocycles. The first kappa shape index (κ1) is 9.09. The fourth-order valence-electron chi connectivity index (χ4n) is 0.334. The molecule has 0 aromatic rings. The minimum absolute atomic E-state index is 0.547. The molecule has 0 aliphatic heterocycles. The molecule has 1 amide bonds. The quantitative estimate of drug-likeness (QED) is 0.364. The van der Waals surface area contributed by atoms with Crippen LogP contribution in [0.2, 0.25) is 0 Å². The van der Waals surface area contributed by atoms with Crippen LogP contribution in [0.1, 0.15) is 0 Å². The molecule has 0 spiro atoms. The highest BCUT2D eigenvalue weighted by Gasteiger charge is 2.15. The summed E-state index contributed by atoms with van der Waals surface area (Å²) in [6, 6.07) is 0. The van der Waals surface area contributed by atoms with Crippen molar-refractivity contribution < 1.29 is 18.0 Å². The minimum Gasteiger partial charge on any atom is -0.369 e. The van der Waals surface area contributed by atoms with Crippen molar-refractivity contribution in [2.75, 3.05) is 5.75 Å². The average Bonchev–Trinajstić information content (AvgIpc) is 1.81. The summed E-state index contributed by atoms with van der Waals surface area (Å²) in [5.41, 5.74) is 4.63. The predicted molar refractivity (Wildman–Crippen MR) is 33.6 cm³/mol. The van der Waals surface area contributed by atoms with Gasteiger partial charge in [-0.05, 0) is 0 Å². The largest absolute Gasteiger partial charge is 0.369 e. The number of primary amides is 1. The summed E-state index contributed by atoms with van der Waals surface area (Å²) in [7, 11) is -2.74. The number of amides is 1. The molecule has 57 valence electrons. The second-order valence-electron chi connectivity index (χ2n) is 1.59. The van der Waals surface area contributed by atoms with E-state index in [0.717, 1.165) is 0 Å². The van der Waals surface area contributed by atoms with Crippen LogP contribution in [0.3, 0.4) is 0 Å². The van der Waals surface area contributed by atoms with Gasteiger partial charge >= 0.3 is 0 Å². The van der Waals surface area contributed by atoms with Crippen molar-refractivity contribution in [1.82, 2.24) is 0 Å². The highest BCUT2D eigenvalue weighted by molar-refractivity contribution is 7.72. The third-order valence-electron chi connectivity index (χ3n) is 0.817. The van der Waals surface area contributed by atoms with Crippen molar-refractivity contribution in [2.24, 2.45) is 11.7 Å². The molecule has 0 saturated carbocycles. The van der Waals surface area contributed by atoms with E-state index in [1.54, 1.807) is 0 Å². The van der Waals surface area contributed by atoms with Gasteiger partial charge in [0.2, 0.25) is 12.2 Å². The summed E-state index contributed by atoms with van der Waals surface area (Å²) in [5.74, 6) is -2.83. The van der Waals surface area contributed by atoms with E-state index < -0.39 is 28.3 Å². The van der Waals surface area contributed by atoms with E-state index in [-0.39, 0.29) is 0 Å². The summed E-state index contributed by atoms with van der Waals surface area (Å²) < 4.78 is 19.8. The Labute approximate surface area is 59.2 Å². The minimum atomic E-state index is -2.74. The van der Waals surface area contributed by atoms with Crippen LogP contribution in [0, 0.1) is 5.92 Å². The molecule has 1 atom stereocenters. The fraction of sp³-hybridized carbons (Fsp3) is 0.500. The molecule has 0 fully saturated rings. The van der Waals surface area contributed by atoms with Crippen LogP contribution in [0.15, 0.2) is 0 Å². The summed E-state index contributed by atoms with van der Waals surface area (Å²) in [6.45, 7) is 0. The zero-order valence-corrected chi connectivity index (χ0v) is 5.84. The molecule has 2 N–H and O–H groups in total. The number of nitrogens with two attached hydrogens (primary N) is 1. The molecule has 0 aliphatic rings. The molecular weight excluding hydrogens is 158 g/mol. The van der Waals surface area contributed by atoms with Gasteiger partial charge in [-0.2, -0.15) is 0 Å². The highest BCUT2D eigenvalue weighted by Crippen LogP contribution is 1.89. The molecule has 5 nitrogen and oxygen atoms in total. The third-order valence-corrected chi connectivity index (χ3v) is 1.48. The van der Waals surface area contributed by atoms with Crippen molar-refractivity contribution in [3.63, 3.8) is 0 Å². The first-order valence-electron chi connectivity index (χ1n) is 2.36. The molecule has 0 bridgehead atoms. The van der Waals surface area contributed by atoms with Gasteiger partial charge in [0.05, 0.1) is 5.75 Å². The standard InChI is InChI=1S/C4H6NO4S/c5-4(7)3(1-6)2-10(8)9/h3,10H,2H2,(H2,5,7). The predicted octanol–water partition coefficient (Wildman–Crippen LogP) is -2.19. The van der Waals surface area contributed by atoms with Crippen LogP contribution in [0.25, 0.3) is 0 Å². The molecule has 0 saturated heterocycles. The van der Waals surface area contributed by atoms with E-state index >= 15 is 0 Å². The molecule has 1 unspecified atom stereocenters. The van der Waals surface area contributed by atoms with Gasteiger partial charge in [0.25, 0.3) is 0 Å². The number of carbonyl (C=O) groups excluding carboxylic acids is 2. The Morgan fingerprint density at radius 3 is 2.20 bits per heavy atom. The van der Waals surface area contributed by atoms with Crippen LogP contribution in [0.4, 0.5) is 0 Å². The van der Waals surface area contributed by atoms with Crippen LogP contribution in [0.5, 0.6) is 0 Å². The Kier molecular flexibility index (Phi) is 3.63. The van der Waals surface area contributed by atoms with Crippen LogP contribution < -0.4 is 5.73 Å². The van der Waals surface area contributed by atoms with Crippen molar-refractivity contribution >= 4 is 22.9 Å². The second kappa shape index (κ2) is 3.99. The Morgan fingerprint density at radius 1 is 1.60 bits per heavy atom. The molecule has 0 aromatic heterocycles. The smallest absolute Gasteiger partial charge is 0.229 e. The molecule has 0 rings (SSSR count). The van der Waals surface area contributed by atoms with Crippen molar-refractivity contribution in [2.45, 2.75) is 0 Å². The Balaban J connectivity index is 4.09. The monoisotopic (exact) mass is 164 g/mol. The van der Waals surface area contributed by atoms with Crippen molar-refractivity contribution in [1.29, 1.82) is 0 Å². The van der Waals surface area contributed by atoms with E-state index in [1.807, 2.05) is 0 Å². The Bertz CT molecular complexity index is 201. The average molecular weight is 164 g/mol. The van der Waals surface area contributed by atoms with E-state index in [1.165, 1.54) is 6.29 Å². The fourth-order valence-corrected chi connectivity index (χ4v) is 0.887. The van der Waals surface area contributed by atoms with Gasteiger partial charge in [-0.25, -0.2) is 8.42 Å². The lowest BCUT2D eigenvalue weighted by Gasteiger charge is -1.95. The molecule has 10 heavy (non-hydrogen) atoms. The number of hydrogen-bond donors (Lipinski definition) is 2. The van der Waals surface area contributed by atoms with Gasteiger partial charge in [0.15, 0.2) is 0 Å². The summed E-state index contributed by atoms with van der Waals surface area (Å²) in [6.07, 6.45) is 1.22. The van der Waals surface area contributed by atoms with Gasteiger partial charge < -0.3 is 5.73 Å². The van der Waals surface area contributed by atoms with E-state index in [0.29, 0.717) is 0 Å². The maximum atomic E-state index is 10.2. The SMILES string of the molecule is NC(=O)C([C]=O)C[SH](=O)=O. The molecule has 0 aliphatic carbocycles. The van der Waals surface area contributed by atoms with Gasteiger partial charge in [-0.3, -0.25) is 9.59 Å². The van der Waals surface area contributed by atoms with Crippen molar-refractivity contribution in [3.05, 3.63) is 0 Å². The first-order valence-corrected chi connectivity index (χ1v) is 3.73. The van der Waals surface area contributed by atoms with Gasteiger partial charge in [-0.15, -0.1) is 0 Å². The highest BCUT2D eigenvalue weighted by atomic mass is 32.2. The Morgan fingerprint density at radius 2 is 2.10 bits per heavy atom. The lowest BCUT2D eigenvalue weighted by molar-refractivity contribution is -0.119. The Hall–Kier alpha value is -0.910. The van der Waals surface area contributed by atoms with Gasteiger partial charge in [0.1, 0.15) is 16.6 Å². The van der Waals surface area contributed by atoms with E-state index in [4.69, 9.17) is 0 Å². The van der Waals surface area contributed by atoms with Crippen LogP contribution in [-0.4, -0.2) is 26.4 Å². The third kappa shape index (κ3) is 3.18. The van der Waals surface area contributed by atoms with E-state index in [2.05, 4.69) is 5.73 Å².